The minimum Gasteiger partial charge on any atom is -0.497 e. The number of hydrogen-bond donors (Lipinski definition) is 0. The topological polar surface area (TPSA) is 94.6 Å². The van der Waals surface area contributed by atoms with Gasteiger partial charge in [0, 0.05) is 30.5 Å². The molecule has 2 heterocycles. The van der Waals surface area contributed by atoms with Crippen LogP contribution in [0.5, 0.6) is 5.75 Å². The fourth-order valence-electron chi connectivity index (χ4n) is 3.83. The van der Waals surface area contributed by atoms with Crippen LogP contribution in [-0.4, -0.2) is 48.9 Å². The number of methoxy groups -OCH3 is 1. The van der Waals surface area contributed by atoms with Gasteiger partial charge in [-0.3, -0.25) is 4.79 Å². The van der Waals surface area contributed by atoms with Crippen LogP contribution < -0.4 is 4.74 Å². The summed E-state index contributed by atoms with van der Waals surface area (Å²) in [5.41, 5.74) is 3.74. The Morgan fingerprint density at radius 1 is 1.16 bits per heavy atom. The highest BCUT2D eigenvalue weighted by Crippen LogP contribution is 2.23. The highest BCUT2D eigenvalue weighted by Gasteiger charge is 2.30. The number of nitrogens with zero attached hydrogens (tertiary/aromatic N) is 3. The molecule has 9 heteroatoms. The zero-order chi connectivity index (χ0) is 23.6. The van der Waals surface area contributed by atoms with E-state index in [1.165, 1.54) is 7.05 Å². The summed E-state index contributed by atoms with van der Waals surface area (Å²) in [6.07, 6.45) is 0.800. The minimum absolute atomic E-state index is 0.0118. The Balaban J connectivity index is 1.74. The highest BCUT2D eigenvalue weighted by atomic mass is 32.2. The quantitative estimate of drug-likeness (QED) is 0.455. The van der Waals surface area contributed by atoms with E-state index in [1.54, 1.807) is 21.0 Å². The van der Waals surface area contributed by atoms with Crippen LogP contribution in [-0.2, 0) is 23.0 Å². The van der Waals surface area contributed by atoms with Gasteiger partial charge in [-0.05, 0) is 57.9 Å². The molecule has 0 N–H and O–H groups in total. The first-order valence-electron chi connectivity index (χ1n) is 10.3. The Morgan fingerprint density at radius 3 is 2.38 bits per heavy atom. The predicted molar refractivity (Wildman–Crippen MR) is 121 cm³/mol. The summed E-state index contributed by atoms with van der Waals surface area (Å²) in [6, 6.07) is 9.72. The largest absolute Gasteiger partial charge is 0.497 e. The third-order valence-corrected chi connectivity index (χ3v) is 7.71. The van der Waals surface area contributed by atoms with Crippen LogP contribution in [0.2, 0.25) is 0 Å². The molecule has 8 nitrogen and oxygen atoms in total. The zero-order valence-electron chi connectivity index (χ0n) is 19.3. The van der Waals surface area contributed by atoms with Crippen molar-refractivity contribution in [1.82, 2.24) is 14.0 Å². The molecule has 172 valence electrons. The predicted octanol–water partition coefficient (Wildman–Crippen LogP) is 3.46. The van der Waals surface area contributed by atoms with E-state index in [-0.39, 0.29) is 28.7 Å². The molecule has 0 radical (unpaired) electrons. The van der Waals surface area contributed by atoms with Gasteiger partial charge in [-0.15, -0.1) is 0 Å². The Labute approximate surface area is 188 Å². The maximum Gasteiger partial charge on any atom is 0.248 e. The molecule has 1 aromatic carbocycles. The van der Waals surface area contributed by atoms with Gasteiger partial charge in [-0.1, -0.05) is 17.3 Å². The maximum absolute atomic E-state index is 13.0. The SMILES string of the molecule is COc1ccc(CCn2c(C)cc(C(=O)CN(C)S(=O)(=O)c3c(C)noc3C)c2C)cc1. The molecule has 2 aromatic heterocycles. The Hall–Kier alpha value is -2.91. The molecule has 0 saturated heterocycles. The molecule has 0 unspecified atom stereocenters. The van der Waals surface area contributed by atoms with Crippen LogP contribution in [0.15, 0.2) is 39.8 Å². The summed E-state index contributed by atoms with van der Waals surface area (Å²) in [5.74, 6) is 0.760. The summed E-state index contributed by atoms with van der Waals surface area (Å²) in [6.45, 7) is 7.38. The number of Topliss-reactive ketones (excluding diaryl/α,β-unsaturated/α-hetero) is 1. The van der Waals surface area contributed by atoms with Crippen molar-refractivity contribution < 1.29 is 22.5 Å². The van der Waals surface area contributed by atoms with E-state index in [0.29, 0.717) is 12.1 Å². The first-order chi connectivity index (χ1) is 15.1. The van der Waals surface area contributed by atoms with Gasteiger partial charge in [-0.2, -0.15) is 4.31 Å². The number of ketones is 1. The first-order valence-corrected chi connectivity index (χ1v) is 11.7. The fourth-order valence-corrected chi connectivity index (χ4v) is 5.24. The molecule has 0 atom stereocenters. The van der Waals surface area contributed by atoms with Crippen molar-refractivity contribution in [3.05, 3.63) is 64.3 Å². The molecular weight excluding hydrogens is 430 g/mol. The molecular formula is C23H29N3O5S. The molecule has 0 aliphatic heterocycles. The lowest BCUT2D eigenvalue weighted by molar-refractivity contribution is 0.0972. The zero-order valence-corrected chi connectivity index (χ0v) is 20.1. The molecule has 0 aliphatic carbocycles. The molecule has 3 rings (SSSR count). The van der Waals surface area contributed by atoms with Gasteiger partial charge in [0.25, 0.3) is 0 Å². The summed E-state index contributed by atoms with van der Waals surface area (Å²) in [7, 11) is -0.862. The Morgan fingerprint density at radius 2 is 1.81 bits per heavy atom. The number of aryl methyl sites for hydroxylation is 4. The molecule has 0 amide bonds. The van der Waals surface area contributed by atoms with Crippen LogP contribution >= 0.6 is 0 Å². The third-order valence-electron chi connectivity index (χ3n) is 5.66. The Kier molecular flexibility index (Phi) is 6.90. The van der Waals surface area contributed by atoms with Crippen LogP contribution in [0.4, 0.5) is 0 Å². The summed E-state index contributed by atoms with van der Waals surface area (Å²) in [4.78, 5) is 13.0. The van der Waals surface area contributed by atoms with Gasteiger partial charge >= 0.3 is 0 Å². The van der Waals surface area contributed by atoms with E-state index < -0.39 is 10.0 Å². The monoisotopic (exact) mass is 459 g/mol. The van der Waals surface area contributed by atoms with Crippen molar-refractivity contribution in [2.24, 2.45) is 0 Å². The number of ether oxygens (including phenoxy) is 1. The van der Waals surface area contributed by atoms with Crippen LogP contribution in [0, 0.1) is 27.7 Å². The van der Waals surface area contributed by atoms with Crippen molar-refractivity contribution in [2.45, 2.75) is 45.6 Å². The fraction of sp³-hybridized carbons (Fsp3) is 0.391. The smallest absolute Gasteiger partial charge is 0.248 e. The molecule has 0 spiro atoms. The second-order valence-electron chi connectivity index (χ2n) is 7.87. The number of sulfonamides is 1. The van der Waals surface area contributed by atoms with Crippen molar-refractivity contribution >= 4 is 15.8 Å². The summed E-state index contributed by atoms with van der Waals surface area (Å²) < 4.78 is 39.2. The lowest BCUT2D eigenvalue weighted by Gasteiger charge is -2.16. The molecule has 32 heavy (non-hydrogen) atoms. The van der Waals surface area contributed by atoms with Gasteiger partial charge in [-0.25, -0.2) is 8.42 Å². The molecule has 3 aromatic rings. The number of benzene rings is 1. The summed E-state index contributed by atoms with van der Waals surface area (Å²) in [5, 5.41) is 3.71. The van der Waals surface area contributed by atoms with E-state index in [0.717, 1.165) is 33.4 Å². The lowest BCUT2D eigenvalue weighted by Crippen LogP contribution is -2.33. The normalized spacial score (nSPS) is 11.8. The van der Waals surface area contributed by atoms with E-state index in [4.69, 9.17) is 9.26 Å². The Bertz CT molecular complexity index is 1200. The maximum atomic E-state index is 13.0. The van der Waals surface area contributed by atoms with Crippen molar-refractivity contribution in [1.29, 1.82) is 0 Å². The average molecular weight is 460 g/mol. The molecule has 0 bridgehead atoms. The van der Waals surface area contributed by atoms with E-state index in [2.05, 4.69) is 9.72 Å². The molecule has 0 saturated carbocycles. The van der Waals surface area contributed by atoms with Crippen molar-refractivity contribution in [2.75, 3.05) is 20.7 Å². The summed E-state index contributed by atoms with van der Waals surface area (Å²) >= 11 is 0. The highest BCUT2D eigenvalue weighted by molar-refractivity contribution is 7.89. The van der Waals surface area contributed by atoms with Crippen molar-refractivity contribution in [3.63, 3.8) is 0 Å². The van der Waals surface area contributed by atoms with Crippen LogP contribution in [0.25, 0.3) is 0 Å². The van der Waals surface area contributed by atoms with Crippen molar-refractivity contribution in [3.8, 4) is 5.75 Å². The van der Waals surface area contributed by atoms with Gasteiger partial charge in [0.1, 0.15) is 16.3 Å². The van der Waals surface area contributed by atoms with E-state index >= 15 is 0 Å². The van der Waals surface area contributed by atoms with Crippen LogP contribution in [0.1, 0.15) is 38.8 Å². The number of likely N-dealkylation sites (N-methyl/N-ethyl adjacent to an activating group) is 1. The van der Waals surface area contributed by atoms with E-state index in [1.807, 2.05) is 44.2 Å². The van der Waals surface area contributed by atoms with Gasteiger partial charge in [0.15, 0.2) is 11.5 Å². The van der Waals surface area contributed by atoms with E-state index in [9.17, 15) is 13.2 Å². The third kappa shape index (κ3) is 4.63. The minimum atomic E-state index is -3.89. The number of carbonyl (C=O) groups is 1. The van der Waals surface area contributed by atoms with Crippen LogP contribution in [0.3, 0.4) is 0 Å². The average Bonchev–Trinajstić information content (AvgIpc) is 3.24. The van der Waals surface area contributed by atoms with Gasteiger partial charge < -0.3 is 13.8 Å². The first kappa shape index (κ1) is 23.7. The number of carbonyl (C=O) groups excluding carboxylic acids is 1. The standard InChI is InChI=1S/C23H29N3O5S/c1-15-13-21(17(3)26(15)12-11-19-7-9-20(30-6)10-8-19)22(27)14-25(5)32(28,29)23-16(2)24-31-18(23)4/h7-10,13H,11-12,14H2,1-6H3. The molecule has 0 aliphatic rings. The number of aromatic nitrogens is 2. The number of hydrogen-bond acceptors (Lipinski definition) is 6. The lowest BCUT2D eigenvalue weighted by atomic mass is 10.1. The second-order valence-corrected chi connectivity index (χ2v) is 9.85. The second kappa shape index (κ2) is 9.30. The molecule has 0 fully saturated rings. The van der Waals surface area contributed by atoms with Gasteiger partial charge in [0.05, 0.1) is 13.7 Å². The van der Waals surface area contributed by atoms with Gasteiger partial charge in [0.2, 0.25) is 10.0 Å². The number of rotatable bonds is 9.